The van der Waals surface area contributed by atoms with Gasteiger partial charge in [0.15, 0.2) is 5.12 Å². The number of carbonyl (C=O) groups excluding carboxylic acids is 2. The van der Waals surface area contributed by atoms with Crippen LogP contribution in [0, 0.1) is 0 Å². The molecule has 9 heteroatoms. The fourth-order valence-corrected chi connectivity index (χ4v) is 9.01. The molecule has 0 saturated heterocycles. The lowest BCUT2D eigenvalue weighted by molar-refractivity contribution is -0.143. The van der Waals surface area contributed by atoms with Gasteiger partial charge in [-0.1, -0.05) is 187 Å². The number of nitrogens with zero attached hydrogens (tertiary/aromatic N) is 3. The van der Waals surface area contributed by atoms with Crippen LogP contribution >= 0.6 is 11.8 Å². The third kappa shape index (κ3) is 33.9. The molecule has 58 heavy (non-hydrogen) atoms. The van der Waals surface area contributed by atoms with Crippen molar-refractivity contribution >= 4 is 28.7 Å². The molecule has 1 aromatic heterocycles. The number of hydrogen-bond acceptors (Lipinski definition) is 8. The number of nitrogen functional groups attached to an aromatic ring is 1. The van der Waals surface area contributed by atoms with E-state index in [1.807, 2.05) is 0 Å². The Bertz CT molecular complexity index is 1130. The van der Waals surface area contributed by atoms with Crippen molar-refractivity contribution in [1.82, 2.24) is 14.5 Å². The molecular weight excluding hydrogens is 741 g/mol. The number of ether oxygens (including phenoxy) is 1. The first-order valence-electron chi connectivity index (χ1n) is 24.8. The zero-order chi connectivity index (χ0) is 42.2. The quantitative estimate of drug-likeness (QED) is 0.0512. The lowest BCUT2D eigenvalue weighted by Crippen LogP contribution is -2.30. The van der Waals surface area contributed by atoms with Crippen molar-refractivity contribution in [1.29, 1.82) is 0 Å². The molecule has 0 amide bonds. The van der Waals surface area contributed by atoms with Gasteiger partial charge in [-0.2, -0.15) is 4.98 Å². The monoisotopic (exact) mass is 833 g/mol. The number of carbonyl (C=O) groups is 2. The van der Waals surface area contributed by atoms with Gasteiger partial charge in [0.2, 0.25) is 0 Å². The van der Waals surface area contributed by atoms with Crippen LogP contribution < -0.4 is 11.4 Å². The second kappa shape index (κ2) is 40.5. The first kappa shape index (κ1) is 54.1. The molecule has 338 valence electrons. The summed E-state index contributed by atoms with van der Waals surface area (Å²) in [4.78, 5) is 43.8. The highest BCUT2D eigenvalue weighted by Crippen LogP contribution is 2.27. The largest absolute Gasteiger partial charge is 0.466 e. The molecule has 0 bridgehead atoms. The molecule has 0 radical (unpaired) electrons. The summed E-state index contributed by atoms with van der Waals surface area (Å²) < 4.78 is 7.11. The summed E-state index contributed by atoms with van der Waals surface area (Å²) in [6, 6.07) is 1.69. The maximum absolute atomic E-state index is 13.0. The molecule has 8 nitrogen and oxygen atoms in total. The molecule has 0 aromatic carbocycles. The molecule has 0 saturated carbocycles. The lowest BCUT2D eigenvalue weighted by atomic mass is 10.0. The Morgan fingerprint density at radius 2 is 1.07 bits per heavy atom. The molecule has 0 aliphatic heterocycles. The minimum absolute atomic E-state index is 0.0377. The molecule has 0 aliphatic rings. The van der Waals surface area contributed by atoms with Crippen LogP contribution in [0.5, 0.6) is 0 Å². The highest BCUT2D eigenvalue weighted by Gasteiger charge is 2.15. The molecule has 1 aromatic rings. The summed E-state index contributed by atoms with van der Waals surface area (Å²) in [5, 5.41) is 0.932. The minimum atomic E-state index is -0.281. The van der Waals surface area contributed by atoms with Crippen molar-refractivity contribution in [3.63, 3.8) is 0 Å². The van der Waals surface area contributed by atoms with E-state index < -0.39 is 0 Å². The molecule has 1 rings (SSSR count). The van der Waals surface area contributed by atoms with Gasteiger partial charge in [-0.05, 0) is 77.1 Å². The van der Waals surface area contributed by atoms with Crippen LogP contribution in [0.3, 0.4) is 0 Å². The average molecular weight is 833 g/mol. The second-order valence-corrected chi connectivity index (χ2v) is 18.5. The fraction of sp³-hybridized carbons (Fsp3) is 0.878. The summed E-state index contributed by atoms with van der Waals surface area (Å²) >= 11 is 1.68. The van der Waals surface area contributed by atoms with E-state index in [2.05, 4.69) is 30.7 Å². The van der Waals surface area contributed by atoms with Gasteiger partial charge in [0.1, 0.15) is 5.82 Å². The maximum atomic E-state index is 13.0. The number of thioether (sulfide) groups is 1. The Labute approximate surface area is 361 Å². The predicted octanol–water partition coefficient (Wildman–Crippen LogP) is 13.6. The summed E-state index contributed by atoms with van der Waals surface area (Å²) in [5.41, 5.74) is 5.40. The maximum Gasteiger partial charge on any atom is 0.349 e. The van der Waals surface area contributed by atoms with E-state index in [0.717, 1.165) is 96.7 Å². The van der Waals surface area contributed by atoms with Crippen LogP contribution in [0.15, 0.2) is 17.1 Å². The van der Waals surface area contributed by atoms with Gasteiger partial charge in [-0.15, -0.1) is 0 Å². The standard InChI is InChI=1S/C49H92N4O4S/c1-4-7-10-13-16-25-32-44-57-47(54)36-28-21-17-23-30-39-52(41-33-42-53-43-38-46(50)51-49(53)56)40-31-24-18-22-29-37-48(55)58-45(34-26-19-14-11-8-5-2)35-27-20-15-12-9-6-3/h38,43,45H,4-37,39-42,44H2,1-3H3,(H2,50,51,56). The first-order chi connectivity index (χ1) is 28.4. The van der Waals surface area contributed by atoms with E-state index in [0.29, 0.717) is 29.9 Å². The van der Waals surface area contributed by atoms with Crippen molar-refractivity contribution in [3.05, 3.63) is 22.7 Å². The van der Waals surface area contributed by atoms with Crippen molar-refractivity contribution in [2.45, 2.75) is 251 Å². The van der Waals surface area contributed by atoms with Gasteiger partial charge in [-0.3, -0.25) is 14.2 Å². The third-order valence-corrected chi connectivity index (χ3v) is 12.8. The van der Waals surface area contributed by atoms with E-state index in [1.165, 1.54) is 135 Å². The second-order valence-electron chi connectivity index (χ2n) is 17.1. The smallest absolute Gasteiger partial charge is 0.349 e. The number of nitrogens with two attached hydrogens (primary N) is 1. The van der Waals surface area contributed by atoms with Crippen molar-refractivity contribution in [2.24, 2.45) is 0 Å². The average Bonchev–Trinajstić information content (AvgIpc) is 3.21. The van der Waals surface area contributed by atoms with E-state index in [1.54, 1.807) is 28.6 Å². The van der Waals surface area contributed by atoms with Gasteiger partial charge < -0.3 is 15.4 Å². The third-order valence-electron chi connectivity index (χ3n) is 11.5. The Hall–Kier alpha value is -1.87. The topological polar surface area (TPSA) is 108 Å². The van der Waals surface area contributed by atoms with E-state index in [-0.39, 0.29) is 17.5 Å². The van der Waals surface area contributed by atoms with Crippen LogP contribution in [0.25, 0.3) is 0 Å². The number of esters is 1. The molecule has 1 heterocycles. The van der Waals surface area contributed by atoms with Crippen LogP contribution in [-0.4, -0.2) is 57.0 Å². The number of aryl methyl sites for hydroxylation is 1. The number of hydrogen-bond donors (Lipinski definition) is 1. The van der Waals surface area contributed by atoms with Crippen molar-refractivity contribution in [3.8, 4) is 0 Å². The highest BCUT2D eigenvalue weighted by atomic mass is 32.2. The van der Waals surface area contributed by atoms with Gasteiger partial charge in [0.05, 0.1) is 6.61 Å². The summed E-state index contributed by atoms with van der Waals surface area (Å²) in [6.45, 7) is 11.1. The number of aromatic nitrogens is 2. The lowest BCUT2D eigenvalue weighted by Gasteiger charge is -2.22. The van der Waals surface area contributed by atoms with Gasteiger partial charge >= 0.3 is 11.7 Å². The van der Waals surface area contributed by atoms with Crippen LogP contribution in [-0.2, 0) is 20.9 Å². The Morgan fingerprint density at radius 1 is 0.621 bits per heavy atom. The zero-order valence-electron chi connectivity index (χ0n) is 38.3. The fourth-order valence-electron chi connectivity index (χ4n) is 7.81. The minimum Gasteiger partial charge on any atom is -0.466 e. The van der Waals surface area contributed by atoms with Crippen LogP contribution in [0.2, 0.25) is 0 Å². The number of anilines is 1. The zero-order valence-corrected chi connectivity index (χ0v) is 39.1. The summed E-state index contributed by atoms with van der Waals surface area (Å²) in [6.07, 6.45) is 41.9. The Morgan fingerprint density at radius 3 is 1.60 bits per heavy atom. The molecule has 0 unspecified atom stereocenters. The van der Waals surface area contributed by atoms with Gasteiger partial charge in [0, 0.05) is 30.8 Å². The highest BCUT2D eigenvalue weighted by molar-refractivity contribution is 8.14. The molecular formula is C49H92N4O4S. The number of rotatable bonds is 43. The van der Waals surface area contributed by atoms with E-state index in [4.69, 9.17) is 10.5 Å². The molecule has 2 N–H and O–H groups in total. The van der Waals surface area contributed by atoms with Gasteiger partial charge in [-0.25, -0.2) is 4.79 Å². The normalized spacial score (nSPS) is 11.6. The summed E-state index contributed by atoms with van der Waals surface area (Å²) in [7, 11) is 0. The first-order valence-corrected chi connectivity index (χ1v) is 25.7. The Kier molecular flexibility index (Phi) is 37.8. The van der Waals surface area contributed by atoms with E-state index >= 15 is 0 Å². The molecule has 0 fully saturated rings. The van der Waals surface area contributed by atoms with Crippen LogP contribution in [0.1, 0.15) is 239 Å². The predicted molar refractivity (Wildman–Crippen MR) is 251 cm³/mol. The van der Waals surface area contributed by atoms with Crippen LogP contribution in [0.4, 0.5) is 5.82 Å². The van der Waals surface area contributed by atoms with Gasteiger partial charge in [0.25, 0.3) is 0 Å². The van der Waals surface area contributed by atoms with Crippen molar-refractivity contribution in [2.75, 3.05) is 32.0 Å². The molecule has 0 atom stereocenters. The molecule has 0 aliphatic carbocycles. The summed E-state index contributed by atoms with van der Waals surface area (Å²) in [5.74, 6) is 0.229. The SMILES string of the molecule is CCCCCCCCCOC(=O)CCCCCCCN(CCCCCCCC(=O)SC(CCCCCCCC)CCCCCCCC)CCCn1ccc(N)nc1=O. The van der Waals surface area contributed by atoms with E-state index in [9.17, 15) is 14.4 Å². The Balaban J connectivity index is 2.35. The molecule has 0 spiro atoms. The number of unbranched alkanes of at least 4 members (excludes halogenated alkanes) is 24. The van der Waals surface area contributed by atoms with Crippen molar-refractivity contribution < 1.29 is 14.3 Å².